The van der Waals surface area contributed by atoms with Crippen molar-refractivity contribution >= 4 is 29.5 Å². The Morgan fingerprint density at radius 2 is 2.15 bits per heavy atom. The Balaban J connectivity index is 2.10. The number of likely N-dealkylation sites (tertiary alicyclic amines) is 1. The van der Waals surface area contributed by atoms with Gasteiger partial charge in [-0.25, -0.2) is 0 Å². The van der Waals surface area contributed by atoms with Gasteiger partial charge in [-0.1, -0.05) is 0 Å². The minimum absolute atomic E-state index is 0.212. The molecule has 0 aromatic carbocycles. The minimum atomic E-state index is -1.22. The standard InChI is InChI=1S/C18H24N2O5S/c1-4-20-15(21)12-13(16(20)22)18(8-10-26-3,17(23)24-5-2)19-14(12)11-7-6-9-25-11/h6-7,9,12-14,19H,4-5,8,10H2,1-3H3/t12-,13+,14+,18+/m0/s1. The average molecular weight is 380 g/mol. The van der Waals surface area contributed by atoms with Crippen molar-refractivity contribution in [2.45, 2.75) is 31.8 Å². The number of thioether (sulfide) groups is 1. The molecular weight excluding hydrogens is 356 g/mol. The van der Waals surface area contributed by atoms with Gasteiger partial charge in [-0.2, -0.15) is 11.8 Å². The number of esters is 1. The summed E-state index contributed by atoms with van der Waals surface area (Å²) in [5.74, 6) is -1.28. The molecule has 0 unspecified atom stereocenters. The molecule has 0 spiro atoms. The smallest absolute Gasteiger partial charge is 0.327 e. The van der Waals surface area contributed by atoms with E-state index < -0.39 is 29.4 Å². The Morgan fingerprint density at radius 3 is 2.73 bits per heavy atom. The normalized spacial score (nSPS) is 30.7. The molecule has 1 aromatic heterocycles. The van der Waals surface area contributed by atoms with Gasteiger partial charge in [0.25, 0.3) is 0 Å². The lowest BCUT2D eigenvalue weighted by Crippen LogP contribution is -2.56. The third-order valence-corrected chi connectivity index (χ3v) is 5.86. The maximum atomic E-state index is 13.1. The molecule has 0 bridgehead atoms. The topological polar surface area (TPSA) is 88.8 Å². The van der Waals surface area contributed by atoms with Crippen LogP contribution >= 0.6 is 11.8 Å². The molecule has 0 radical (unpaired) electrons. The summed E-state index contributed by atoms with van der Waals surface area (Å²) in [6.45, 7) is 4.00. The number of carbonyl (C=O) groups excluding carboxylic acids is 3. The van der Waals surface area contributed by atoms with E-state index in [0.29, 0.717) is 17.9 Å². The van der Waals surface area contributed by atoms with Crippen LogP contribution in [0.4, 0.5) is 0 Å². The number of ether oxygens (including phenoxy) is 1. The summed E-state index contributed by atoms with van der Waals surface area (Å²) in [7, 11) is 0. The van der Waals surface area contributed by atoms with Gasteiger partial charge in [0.2, 0.25) is 11.8 Å². The highest BCUT2D eigenvalue weighted by Crippen LogP contribution is 2.50. The number of nitrogens with one attached hydrogen (secondary N) is 1. The van der Waals surface area contributed by atoms with Gasteiger partial charge in [-0.05, 0) is 44.4 Å². The molecule has 3 heterocycles. The lowest BCUT2D eigenvalue weighted by molar-refractivity contribution is -0.156. The van der Waals surface area contributed by atoms with Crippen molar-refractivity contribution < 1.29 is 23.5 Å². The van der Waals surface area contributed by atoms with E-state index in [-0.39, 0.29) is 25.0 Å². The van der Waals surface area contributed by atoms with Crippen LogP contribution in [-0.2, 0) is 19.1 Å². The number of hydrogen-bond donors (Lipinski definition) is 1. The Bertz CT molecular complexity index is 692. The second-order valence-electron chi connectivity index (χ2n) is 6.50. The quantitative estimate of drug-likeness (QED) is 0.568. The molecule has 3 rings (SSSR count). The van der Waals surface area contributed by atoms with Crippen LogP contribution in [0, 0.1) is 11.8 Å². The van der Waals surface area contributed by atoms with E-state index in [2.05, 4.69) is 5.32 Å². The zero-order valence-corrected chi connectivity index (χ0v) is 16.0. The van der Waals surface area contributed by atoms with Gasteiger partial charge >= 0.3 is 5.97 Å². The van der Waals surface area contributed by atoms with Crippen molar-refractivity contribution in [3.63, 3.8) is 0 Å². The van der Waals surface area contributed by atoms with Crippen LogP contribution in [0.25, 0.3) is 0 Å². The fraction of sp³-hybridized carbons (Fsp3) is 0.611. The van der Waals surface area contributed by atoms with Crippen molar-refractivity contribution in [3.8, 4) is 0 Å². The Labute approximate surface area is 156 Å². The Morgan fingerprint density at radius 1 is 1.38 bits per heavy atom. The van der Waals surface area contributed by atoms with Crippen LogP contribution in [0.3, 0.4) is 0 Å². The van der Waals surface area contributed by atoms with Crippen molar-refractivity contribution in [3.05, 3.63) is 24.2 Å². The fourth-order valence-corrected chi connectivity index (χ4v) is 4.65. The summed E-state index contributed by atoms with van der Waals surface area (Å²) in [6.07, 6.45) is 3.87. The maximum absolute atomic E-state index is 13.1. The molecule has 1 aromatic rings. The van der Waals surface area contributed by atoms with Gasteiger partial charge in [0.15, 0.2) is 0 Å². The highest BCUT2D eigenvalue weighted by molar-refractivity contribution is 7.98. The third-order valence-electron chi connectivity index (χ3n) is 5.25. The molecule has 142 valence electrons. The second kappa shape index (κ2) is 7.44. The first-order valence-corrected chi connectivity index (χ1v) is 10.2. The number of hydrogen-bond acceptors (Lipinski definition) is 7. The number of furan rings is 1. The van der Waals surface area contributed by atoms with Gasteiger partial charge in [0, 0.05) is 6.54 Å². The first kappa shape index (κ1) is 19.0. The third kappa shape index (κ3) is 2.75. The van der Waals surface area contributed by atoms with E-state index in [1.54, 1.807) is 37.7 Å². The first-order valence-electron chi connectivity index (χ1n) is 8.84. The van der Waals surface area contributed by atoms with Crippen LogP contribution < -0.4 is 5.32 Å². The second-order valence-corrected chi connectivity index (χ2v) is 7.48. The number of amides is 2. The van der Waals surface area contributed by atoms with Gasteiger partial charge in [0.1, 0.15) is 11.3 Å². The SMILES string of the molecule is CCOC(=O)[C@]1(CCSC)N[C@H](c2ccco2)[C@H]2C(=O)N(CC)C(=O)[C@@H]21. The first-order chi connectivity index (χ1) is 12.5. The van der Waals surface area contributed by atoms with E-state index in [0.717, 1.165) is 0 Å². The predicted molar refractivity (Wildman–Crippen MR) is 96.3 cm³/mol. The zero-order chi connectivity index (χ0) is 18.9. The molecule has 2 aliphatic heterocycles. The molecule has 7 nitrogen and oxygen atoms in total. The number of nitrogens with zero attached hydrogens (tertiary/aromatic N) is 1. The summed E-state index contributed by atoms with van der Waals surface area (Å²) < 4.78 is 10.8. The van der Waals surface area contributed by atoms with Crippen molar-refractivity contribution in [2.24, 2.45) is 11.8 Å². The van der Waals surface area contributed by atoms with Crippen LogP contribution in [0.2, 0.25) is 0 Å². The van der Waals surface area contributed by atoms with Gasteiger partial charge in [0.05, 0.1) is 30.7 Å². The van der Waals surface area contributed by atoms with Crippen LogP contribution in [0.15, 0.2) is 22.8 Å². The molecule has 0 aliphatic carbocycles. The van der Waals surface area contributed by atoms with E-state index in [1.807, 2.05) is 6.26 Å². The molecular formula is C18H24N2O5S. The molecule has 1 N–H and O–H groups in total. The van der Waals surface area contributed by atoms with Crippen LogP contribution in [0.1, 0.15) is 32.1 Å². The predicted octanol–water partition coefficient (Wildman–Crippen LogP) is 1.60. The van der Waals surface area contributed by atoms with Gasteiger partial charge < -0.3 is 9.15 Å². The Hall–Kier alpha value is -1.80. The minimum Gasteiger partial charge on any atom is -0.468 e. The highest BCUT2D eigenvalue weighted by Gasteiger charge is 2.68. The maximum Gasteiger partial charge on any atom is 0.327 e. The Kier molecular flexibility index (Phi) is 5.43. The number of imide groups is 1. The molecule has 0 saturated carbocycles. The monoisotopic (exact) mass is 380 g/mol. The van der Waals surface area contributed by atoms with E-state index in [1.165, 1.54) is 11.2 Å². The zero-order valence-electron chi connectivity index (χ0n) is 15.2. The summed E-state index contributed by atoms with van der Waals surface area (Å²) >= 11 is 1.58. The molecule has 4 atom stereocenters. The van der Waals surface area contributed by atoms with E-state index >= 15 is 0 Å². The molecule has 2 amide bonds. The molecule has 2 fully saturated rings. The summed E-state index contributed by atoms with van der Waals surface area (Å²) in [5, 5.41) is 3.28. The largest absolute Gasteiger partial charge is 0.468 e. The lowest BCUT2D eigenvalue weighted by atomic mass is 9.78. The van der Waals surface area contributed by atoms with Crippen LogP contribution in [0.5, 0.6) is 0 Å². The van der Waals surface area contributed by atoms with Crippen molar-refractivity contribution in [1.29, 1.82) is 0 Å². The number of carbonyl (C=O) groups is 3. The average Bonchev–Trinajstić information content (AvgIpc) is 3.31. The highest BCUT2D eigenvalue weighted by atomic mass is 32.2. The number of rotatable bonds is 7. The molecule has 8 heteroatoms. The fourth-order valence-electron chi connectivity index (χ4n) is 4.13. The van der Waals surface area contributed by atoms with Gasteiger partial charge in [-0.15, -0.1) is 0 Å². The lowest BCUT2D eigenvalue weighted by Gasteiger charge is -2.32. The molecule has 2 saturated heterocycles. The molecule has 2 aliphatic rings. The number of fused-ring (bicyclic) bond motifs is 1. The summed E-state index contributed by atoms with van der Waals surface area (Å²) in [4.78, 5) is 40.2. The van der Waals surface area contributed by atoms with Crippen LogP contribution in [-0.4, -0.2) is 53.4 Å². The summed E-state index contributed by atoms with van der Waals surface area (Å²) in [6, 6.07) is 2.96. The molecule has 26 heavy (non-hydrogen) atoms. The van der Waals surface area contributed by atoms with Gasteiger partial charge in [-0.3, -0.25) is 24.6 Å². The summed E-state index contributed by atoms with van der Waals surface area (Å²) in [5.41, 5.74) is -1.22. The van der Waals surface area contributed by atoms with Crippen molar-refractivity contribution in [2.75, 3.05) is 25.2 Å². The van der Waals surface area contributed by atoms with Crippen molar-refractivity contribution in [1.82, 2.24) is 10.2 Å². The van der Waals surface area contributed by atoms with E-state index in [9.17, 15) is 14.4 Å². The van der Waals surface area contributed by atoms with E-state index in [4.69, 9.17) is 9.15 Å².